The van der Waals surface area contributed by atoms with Crippen molar-refractivity contribution in [2.75, 3.05) is 19.8 Å². The molecule has 1 heterocycles. The van der Waals surface area contributed by atoms with E-state index in [4.69, 9.17) is 9.47 Å². The van der Waals surface area contributed by atoms with Gasteiger partial charge in [-0.1, -0.05) is 55.3 Å². The number of nitrogens with one attached hydrogen (secondary N) is 3. The Hall–Kier alpha value is -3.40. The number of amides is 3. The molecule has 0 unspecified atom stereocenters. The molecule has 3 rings (SSSR count). The second-order valence-corrected chi connectivity index (χ2v) is 10.7. The summed E-state index contributed by atoms with van der Waals surface area (Å²) < 4.78 is 10.6. The highest BCUT2D eigenvalue weighted by atomic mass is 16.5. The van der Waals surface area contributed by atoms with E-state index in [0.717, 1.165) is 31.2 Å². The summed E-state index contributed by atoms with van der Waals surface area (Å²) in [6.07, 6.45) is 9.57. The summed E-state index contributed by atoms with van der Waals surface area (Å²) >= 11 is 0. The van der Waals surface area contributed by atoms with Crippen molar-refractivity contribution in [2.45, 2.75) is 88.8 Å². The monoisotopic (exact) mass is 557 g/mol. The molecule has 3 amide bonds. The van der Waals surface area contributed by atoms with Crippen LogP contribution in [0.1, 0.15) is 76.2 Å². The molecule has 1 saturated carbocycles. The van der Waals surface area contributed by atoms with Gasteiger partial charge in [-0.25, -0.2) is 4.79 Å². The van der Waals surface area contributed by atoms with Gasteiger partial charge in [0, 0.05) is 19.4 Å². The predicted molar refractivity (Wildman–Crippen MR) is 149 cm³/mol. The Morgan fingerprint density at radius 2 is 1.88 bits per heavy atom. The number of aliphatic hydroxyl groups is 1. The number of hydrogen-bond donors (Lipinski definition) is 4. The third-order valence-electron chi connectivity index (χ3n) is 7.43. The van der Waals surface area contributed by atoms with Crippen molar-refractivity contribution in [3.8, 4) is 0 Å². The number of cyclic esters (lactones) is 1. The molecule has 10 heteroatoms. The van der Waals surface area contributed by atoms with Crippen LogP contribution in [-0.4, -0.2) is 60.3 Å². The van der Waals surface area contributed by atoms with E-state index in [-0.39, 0.29) is 50.4 Å². The van der Waals surface area contributed by atoms with Gasteiger partial charge in [-0.05, 0) is 50.5 Å². The first-order valence-electron chi connectivity index (χ1n) is 14.4. The van der Waals surface area contributed by atoms with Crippen molar-refractivity contribution in [3.05, 3.63) is 48.0 Å². The molecule has 2 atom stereocenters. The number of allylic oxidation sites excluding steroid dienone is 2. The minimum atomic E-state index is -0.590. The third-order valence-corrected chi connectivity index (χ3v) is 7.43. The number of carbonyl (C=O) groups excluding carboxylic acids is 4. The van der Waals surface area contributed by atoms with Crippen molar-refractivity contribution >= 4 is 23.9 Å². The van der Waals surface area contributed by atoms with Gasteiger partial charge in [-0.15, -0.1) is 0 Å². The molecule has 0 bridgehead atoms. The van der Waals surface area contributed by atoms with Gasteiger partial charge in [-0.2, -0.15) is 0 Å². The number of alkyl carbamates (subject to hydrolysis) is 1. The summed E-state index contributed by atoms with van der Waals surface area (Å²) in [6.45, 7) is 0.547. The second-order valence-electron chi connectivity index (χ2n) is 10.7. The number of benzene rings is 1. The Labute approximate surface area is 236 Å². The van der Waals surface area contributed by atoms with Crippen molar-refractivity contribution in [1.82, 2.24) is 16.0 Å². The van der Waals surface area contributed by atoms with Crippen LogP contribution in [0.2, 0.25) is 0 Å². The molecule has 40 heavy (non-hydrogen) atoms. The molecule has 0 aromatic heterocycles. The number of hydrogen-bond acceptors (Lipinski definition) is 7. The van der Waals surface area contributed by atoms with Gasteiger partial charge in [0.05, 0.1) is 24.1 Å². The van der Waals surface area contributed by atoms with Crippen molar-refractivity contribution < 1.29 is 33.8 Å². The van der Waals surface area contributed by atoms with Crippen LogP contribution in [0.3, 0.4) is 0 Å². The highest BCUT2D eigenvalue weighted by molar-refractivity contribution is 5.86. The van der Waals surface area contributed by atoms with E-state index in [1.165, 1.54) is 0 Å². The van der Waals surface area contributed by atoms with Crippen molar-refractivity contribution in [2.24, 2.45) is 5.92 Å². The Morgan fingerprint density at radius 1 is 1.10 bits per heavy atom. The van der Waals surface area contributed by atoms with Crippen LogP contribution in [0.4, 0.5) is 4.79 Å². The van der Waals surface area contributed by atoms with E-state index in [1.807, 2.05) is 42.5 Å². The van der Waals surface area contributed by atoms with Crippen LogP contribution in [0, 0.1) is 5.92 Å². The number of rotatable bonds is 11. The average Bonchev–Trinajstić information content (AvgIpc) is 3.42. The fourth-order valence-electron chi connectivity index (χ4n) is 5.07. The first kappa shape index (κ1) is 31.1. The van der Waals surface area contributed by atoms with Crippen LogP contribution in [0.5, 0.6) is 0 Å². The van der Waals surface area contributed by atoms with Crippen molar-refractivity contribution in [1.29, 1.82) is 0 Å². The molecule has 1 fully saturated rings. The van der Waals surface area contributed by atoms with Gasteiger partial charge < -0.3 is 30.5 Å². The zero-order chi connectivity index (χ0) is 28.6. The van der Waals surface area contributed by atoms with Gasteiger partial charge in [0.15, 0.2) is 0 Å². The molecule has 0 spiro atoms. The Morgan fingerprint density at radius 3 is 2.62 bits per heavy atom. The fraction of sp³-hybridized carbons (Fsp3) is 0.600. The van der Waals surface area contributed by atoms with Gasteiger partial charge in [-0.3, -0.25) is 14.4 Å². The second kappa shape index (κ2) is 16.6. The Bertz CT molecular complexity index is 992. The largest absolute Gasteiger partial charge is 0.463 e. The minimum absolute atomic E-state index is 0.0133. The summed E-state index contributed by atoms with van der Waals surface area (Å²) in [5.74, 6) is -1.42. The number of ether oxygens (including phenoxy) is 2. The summed E-state index contributed by atoms with van der Waals surface area (Å²) in [5, 5.41) is 18.5. The maximum Gasteiger partial charge on any atom is 0.407 e. The van der Waals surface area contributed by atoms with E-state index >= 15 is 0 Å². The molecule has 0 saturated heterocycles. The third kappa shape index (κ3) is 11.0. The topological polar surface area (TPSA) is 143 Å². The van der Waals surface area contributed by atoms with Gasteiger partial charge >= 0.3 is 12.1 Å². The first-order valence-corrected chi connectivity index (χ1v) is 14.4. The zero-order valence-corrected chi connectivity index (χ0v) is 23.2. The maximum atomic E-state index is 13.2. The minimum Gasteiger partial charge on any atom is -0.463 e. The molecule has 0 radical (unpaired) electrons. The lowest BCUT2D eigenvalue weighted by molar-refractivity contribution is -0.145. The molecular weight excluding hydrogens is 514 g/mol. The lowest BCUT2D eigenvalue weighted by Crippen LogP contribution is -2.50. The van der Waals surface area contributed by atoms with Gasteiger partial charge in [0.2, 0.25) is 11.8 Å². The number of aliphatic hydroxyl groups excluding tert-OH is 1. The summed E-state index contributed by atoms with van der Waals surface area (Å²) in [4.78, 5) is 50.1. The normalized spacial score (nSPS) is 21.3. The number of esters is 1. The maximum absolute atomic E-state index is 13.2. The SMILES string of the molecule is O=C(C[C@H]1CC=CCCC(=O)OC[C@H](CCCCNC(=O)OCc2ccccc2)NC1=O)NC1(CO)CCCC1. The average molecular weight is 558 g/mol. The van der Waals surface area contributed by atoms with Crippen LogP contribution in [0.15, 0.2) is 42.5 Å². The van der Waals surface area contributed by atoms with E-state index in [9.17, 15) is 24.3 Å². The fourth-order valence-corrected chi connectivity index (χ4v) is 5.07. The molecule has 4 N–H and O–H groups in total. The van der Waals surface area contributed by atoms with Crippen LogP contribution >= 0.6 is 0 Å². The lowest BCUT2D eigenvalue weighted by atomic mass is 9.95. The smallest absolute Gasteiger partial charge is 0.407 e. The van der Waals surface area contributed by atoms with Gasteiger partial charge in [0.1, 0.15) is 13.2 Å². The summed E-state index contributed by atoms with van der Waals surface area (Å²) in [7, 11) is 0. The van der Waals surface area contributed by atoms with E-state index < -0.39 is 23.6 Å². The van der Waals surface area contributed by atoms with E-state index in [1.54, 1.807) is 0 Å². The summed E-state index contributed by atoms with van der Waals surface area (Å²) in [6, 6.07) is 9.01. The quantitative estimate of drug-likeness (QED) is 0.186. The number of unbranched alkanes of at least 4 members (excludes halogenated alkanes) is 1. The molecular formula is C30H43N3O7. The molecule has 1 aliphatic carbocycles. The van der Waals surface area contributed by atoms with Crippen LogP contribution in [-0.2, 0) is 30.5 Å². The van der Waals surface area contributed by atoms with Crippen molar-refractivity contribution in [3.63, 3.8) is 0 Å². The van der Waals surface area contributed by atoms with Gasteiger partial charge in [0.25, 0.3) is 0 Å². The van der Waals surface area contributed by atoms with E-state index in [0.29, 0.717) is 38.6 Å². The Kier molecular flexibility index (Phi) is 13.0. The zero-order valence-electron chi connectivity index (χ0n) is 23.2. The Balaban J connectivity index is 1.47. The standard InChI is InChI=1S/C30H43N3O7/c34-22-30(16-8-9-17-30)33-26(35)19-24-13-5-2-6-15-27(36)39-21-25(32-28(24)37)14-7-10-18-31-29(38)40-20-23-11-3-1-4-12-23/h1-5,11-12,24-25,34H,6-10,13-22H2,(H,31,38)(H,32,37)(H,33,35)/t24-,25+/m1/s1. The van der Waals surface area contributed by atoms with E-state index in [2.05, 4.69) is 16.0 Å². The van der Waals surface area contributed by atoms with Crippen LogP contribution in [0.25, 0.3) is 0 Å². The first-order chi connectivity index (χ1) is 19.4. The highest BCUT2D eigenvalue weighted by Gasteiger charge is 2.35. The predicted octanol–water partition coefficient (Wildman–Crippen LogP) is 3.28. The van der Waals surface area contributed by atoms with Crippen LogP contribution < -0.4 is 16.0 Å². The molecule has 1 aromatic carbocycles. The highest BCUT2D eigenvalue weighted by Crippen LogP contribution is 2.29. The lowest BCUT2D eigenvalue weighted by Gasteiger charge is -2.29. The molecule has 1 aromatic rings. The molecule has 10 nitrogen and oxygen atoms in total. The summed E-state index contributed by atoms with van der Waals surface area (Å²) in [5.41, 5.74) is 0.316. The number of carbonyl (C=O) groups is 4. The molecule has 1 aliphatic heterocycles. The molecule has 220 valence electrons. The molecule has 2 aliphatic rings.